The lowest BCUT2D eigenvalue weighted by molar-refractivity contribution is 0.0525. The Morgan fingerprint density at radius 3 is 2.48 bits per heavy atom. The van der Waals surface area contributed by atoms with E-state index in [9.17, 15) is 9.59 Å². The first-order valence-electron chi connectivity index (χ1n) is 9.98. The van der Waals surface area contributed by atoms with Gasteiger partial charge in [-0.3, -0.25) is 0 Å². The third-order valence-corrected chi connectivity index (χ3v) is 4.46. The molecule has 2 aromatic carbocycles. The maximum Gasteiger partial charge on any atom is 0.407 e. The van der Waals surface area contributed by atoms with Crippen molar-refractivity contribution in [1.29, 1.82) is 0 Å². The molecule has 0 aliphatic carbocycles. The third-order valence-electron chi connectivity index (χ3n) is 4.46. The second-order valence-corrected chi connectivity index (χ2v) is 8.12. The maximum atomic E-state index is 11.6. The Bertz CT molecular complexity index is 1080. The van der Waals surface area contributed by atoms with Crippen LogP contribution < -0.4 is 15.8 Å². The van der Waals surface area contributed by atoms with E-state index in [1.807, 2.05) is 43.5 Å². The fourth-order valence-electron chi connectivity index (χ4n) is 3.07. The van der Waals surface area contributed by atoms with Crippen LogP contribution in [0.15, 0.2) is 48.7 Å². The quantitative estimate of drug-likeness (QED) is 0.489. The molecule has 0 saturated heterocycles. The minimum atomic E-state index is -0.966. The number of fused-ring (bicyclic) bond motifs is 1. The Labute approximate surface area is 180 Å². The molecule has 0 fully saturated rings. The van der Waals surface area contributed by atoms with Crippen LogP contribution in [-0.2, 0) is 4.74 Å². The highest BCUT2D eigenvalue weighted by Gasteiger charge is 2.15. The molecule has 8 heteroatoms. The van der Waals surface area contributed by atoms with Gasteiger partial charge in [-0.15, -0.1) is 0 Å². The number of ether oxygens (including phenoxy) is 2. The maximum absolute atomic E-state index is 11.6. The Kier molecular flexibility index (Phi) is 6.39. The number of amides is 1. The van der Waals surface area contributed by atoms with Gasteiger partial charge in [-0.1, -0.05) is 0 Å². The molecule has 0 unspecified atom stereocenters. The normalized spacial score (nSPS) is 11.3. The fraction of sp³-hybridized carbons (Fsp3) is 0.304. The number of aromatic nitrogens is 1. The summed E-state index contributed by atoms with van der Waals surface area (Å²) in [5.74, 6) is -0.290. The largest absolute Gasteiger partial charge is 0.494 e. The first-order valence-corrected chi connectivity index (χ1v) is 9.98. The summed E-state index contributed by atoms with van der Waals surface area (Å²) >= 11 is 0. The fourth-order valence-corrected chi connectivity index (χ4v) is 3.07. The van der Waals surface area contributed by atoms with E-state index in [1.54, 1.807) is 30.5 Å². The predicted octanol–water partition coefficient (Wildman–Crippen LogP) is 4.20. The summed E-state index contributed by atoms with van der Waals surface area (Å²) in [5, 5.41) is 12.6. The highest BCUT2D eigenvalue weighted by molar-refractivity contribution is 5.94. The summed E-state index contributed by atoms with van der Waals surface area (Å²) in [7, 11) is 0. The number of hydrogen-bond acceptors (Lipinski definition) is 5. The number of rotatable bonds is 7. The molecule has 3 rings (SSSR count). The standard InChI is InChI=1S/C23H27N3O5/c1-23(2,3)31-22(29)25-11-4-12-30-17-9-10-20-18(13-17)19(24)14-26(20)16-7-5-15(6-8-16)21(27)28/h5-10,13-14H,4,11-12,24H2,1-3H3,(H,25,29)(H,27,28). The molecule has 0 saturated carbocycles. The van der Waals surface area contributed by atoms with E-state index >= 15 is 0 Å². The number of carbonyl (C=O) groups is 2. The molecule has 1 heterocycles. The van der Waals surface area contributed by atoms with Gasteiger partial charge < -0.3 is 30.2 Å². The minimum Gasteiger partial charge on any atom is -0.494 e. The molecule has 164 valence electrons. The zero-order valence-corrected chi connectivity index (χ0v) is 17.8. The van der Waals surface area contributed by atoms with Gasteiger partial charge in [0.25, 0.3) is 0 Å². The van der Waals surface area contributed by atoms with Gasteiger partial charge in [-0.25, -0.2) is 9.59 Å². The summed E-state index contributed by atoms with van der Waals surface area (Å²) in [6.07, 6.45) is 1.98. The molecule has 4 N–H and O–H groups in total. The van der Waals surface area contributed by atoms with Crippen molar-refractivity contribution in [3.05, 3.63) is 54.2 Å². The Hall–Kier alpha value is -3.68. The molecule has 3 aromatic rings. The molecule has 0 aliphatic heterocycles. The van der Waals surface area contributed by atoms with Crippen molar-refractivity contribution < 1.29 is 24.2 Å². The van der Waals surface area contributed by atoms with Crippen LogP contribution in [0.5, 0.6) is 5.75 Å². The van der Waals surface area contributed by atoms with Crippen LogP contribution >= 0.6 is 0 Å². The van der Waals surface area contributed by atoms with Gasteiger partial charge in [0.05, 0.1) is 23.4 Å². The van der Waals surface area contributed by atoms with Crippen LogP contribution in [0.3, 0.4) is 0 Å². The van der Waals surface area contributed by atoms with Gasteiger partial charge in [0.15, 0.2) is 0 Å². The highest BCUT2D eigenvalue weighted by Crippen LogP contribution is 2.30. The molecular formula is C23H27N3O5. The van der Waals surface area contributed by atoms with Crippen LogP contribution in [0.1, 0.15) is 37.6 Å². The summed E-state index contributed by atoms with van der Waals surface area (Å²) in [6, 6.07) is 12.2. The second-order valence-electron chi connectivity index (χ2n) is 8.12. The van der Waals surface area contributed by atoms with Crippen molar-refractivity contribution in [2.24, 2.45) is 0 Å². The Balaban J connectivity index is 1.61. The van der Waals surface area contributed by atoms with Crippen molar-refractivity contribution in [3.63, 3.8) is 0 Å². The monoisotopic (exact) mass is 425 g/mol. The number of aromatic carboxylic acids is 1. The number of carboxylic acids is 1. The number of nitrogens with two attached hydrogens (primary N) is 1. The summed E-state index contributed by atoms with van der Waals surface area (Å²) in [5.41, 5.74) is 8.19. The Morgan fingerprint density at radius 1 is 1.13 bits per heavy atom. The van der Waals surface area contributed by atoms with Crippen LogP contribution in [0.2, 0.25) is 0 Å². The smallest absolute Gasteiger partial charge is 0.407 e. The molecule has 31 heavy (non-hydrogen) atoms. The predicted molar refractivity (Wildman–Crippen MR) is 119 cm³/mol. The lowest BCUT2D eigenvalue weighted by Crippen LogP contribution is -2.33. The topological polar surface area (TPSA) is 116 Å². The molecular weight excluding hydrogens is 398 g/mol. The van der Waals surface area contributed by atoms with Crippen LogP contribution in [0, 0.1) is 0 Å². The number of hydrogen-bond donors (Lipinski definition) is 3. The van der Waals surface area contributed by atoms with E-state index in [0.717, 1.165) is 16.6 Å². The molecule has 0 spiro atoms. The molecule has 0 radical (unpaired) electrons. The van der Waals surface area contributed by atoms with Crippen LogP contribution in [-0.4, -0.2) is 40.5 Å². The molecule has 8 nitrogen and oxygen atoms in total. The minimum absolute atomic E-state index is 0.227. The Morgan fingerprint density at radius 2 is 1.84 bits per heavy atom. The van der Waals surface area contributed by atoms with Crippen molar-refractivity contribution in [3.8, 4) is 11.4 Å². The molecule has 1 amide bonds. The first-order chi connectivity index (χ1) is 14.6. The number of benzene rings is 2. The lowest BCUT2D eigenvalue weighted by atomic mass is 10.2. The summed E-state index contributed by atoms with van der Waals surface area (Å²) < 4.78 is 12.9. The zero-order valence-electron chi connectivity index (χ0n) is 17.8. The summed E-state index contributed by atoms with van der Waals surface area (Å²) in [6.45, 7) is 6.32. The van der Waals surface area contributed by atoms with Crippen molar-refractivity contribution in [2.75, 3.05) is 18.9 Å². The van der Waals surface area contributed by atoms with E-state index < -0.39 is 17.7 Å². The number of nitrogens with one attached hydrogen (secondary N) is 1. The number of carboxylic acid groups (broad SMARTS) is 1. The highest BCUT2D eigenvalue weighted by atomic mass is 16.6. The van der Waals surface area contributed by atoms with Gasteiger partial charge in [-0.05, 0) is 69.7 Å². The van der Waals surface area contributed by atoms with Gasteiger partial charge >= 0.3 is 12.1 Å². The second kappa shape index (κ2) is 8.99. The van der Waals surface area contributed by atoms with E-state index in [0.29, 0.717) is 31.0 Å². The van der Waals surface area contributed by atoms with Crippen molar-refractivity contribution >= 4 is 28.7 Å². The number of alkyl carbamates (subject to hydrolysis) is 1. The van der Waals surface area contributed by atoms with Gasteiger partial charge in [0, 0.05) is 23.8 Å². The number of nitrogens with zero attached hydrogens (tertiary/aromatic N) is 1. The average Bonchev–Trinajstić information content (AvgIpc) is 3.02. The average molecular weight is 425 g/mol. The third kappa shape index (κ3) is 5.69. The number of anilines is 1. The molecule has 0 bridgehead atoms. The van der Waals surface area contributed by atoms with E-state index in [-0.39, 0.29) is 5.56 Å². The van der Waals surface area contributed by atoms with E-state index in [1.165, 1.54) is 0 Å². The number of carbonyl (C=O) groups excluding carboxylic acids is 1. The van der Waals surface area contributed by atoms with Crippen LogP contribution in [0.25, 0.3) is 16.6 Å². The molecule has 0 atom stereocenters. The molecule has 0 aliphatic rings. The van der Waals surface area contributed by atoms with Crippen LogP contribution in [0.4, 0.5) is 10.5 Å². The van der Waals surface area contributed by atoms with Crippen molar-refractivity contribution in [2.45, 2.75) is 32.8 Å². The van der Waals surface area contributed by atoms with E-state index in [4.69, 9.17) is 20.3 Å². The molecule has 1 aromatic heterocycles. The van der Waals surface area contributed by atoms with Gasteiger partial charge in [0.1, 0.15) is 11.4 Å². The SMILES string of the molecule is CC(C)(C)OC(=O)NCCCOc1ccc2c(c1)c(N)cn2-c1ccc(C(=O)O)cc1. The lowest BCUT2D eigenvalue weighted by Gasteiger charge is -2.19. The summed E-state index contributed by atoms with van der Waals surface area (Å²) in [4.78, 5) is 22.7. The first kappa shape index (κ1) is 22.0. The van der Waals surface area contributed by atoms with Gasteiger partial charge in [-0.2, -0.15) is 0 Å². The van der Waals surface area contributed by atoms with Crippen molar-refractivity contribution in [1.82, 2.24) is 9.88 Å². The van der Waals surface area contributed by atoms with E-state index in [2.05, 4.69) is 5.32 Å². The van der Waals surface area contributed by atoms with Gasteiger partial charge in [0.2, 0.25) is 0 Å². The number of nitrogen functional groups attached to an aromatic ring is 1. The zero-order chi connectivity index (χ0) is 22.6.